The van der Waals surface area contributed by atoms with Crippen molar-refractivity contribution in [3.63, 3.8) is 0 Å². The van der Waals surface area contributed by atoms with Gasteiger partial charge in [-0.2, -0.15) is 0 Å². The van der Waals surface area contributed by atoms with Crippen molar-refractivity contribution >= 4 is 0 Å². The van der Waals surface area contributed by atoms with Crippen LogP contribution >= 0.6 is 0 Å². The van der Waals surface area contributed by atoms with E-state index in [1.807, 2.05) is 0 Å². The van der Waals surface area contributed by atoms with E-state index in [9.17, 15) is 0 Å². The number of hydrogen-bond donors (Lipinski definition) is 0. The Balaban J connectivity index is 1.76. The van der Waals surface area contributed by atoms with Gasteiger partial charge in [-0.3, -0.25) is 0 Å². The molecule has 0 N–H and O–H groups in total. The molecular weight excluding hydrogens is 170 g/mol. The van der Waals surface area contributed by atoms with Crippen molar-refractivity contribution in [2.24, 2.45) is 11.8 Å². The van der Waals surface area contributed by atoms with Gasteiger partial charge >= 0.3 is 0 Å². The lowest BCUT2D eigenvalue weighted by atomic mass is 9.81. The van der Waals surface area contributed by atoms with Crippen LogP contribution in [-0.4, -0.2) is 24.0 Å². The third-order valence-electron chi connectivity index (χ3n) is 4.35. The summed E-state index contributed by atoms with van der Waals surface area (Å²) in [4.78, 5) is 2.74. The summed E-state index contributed by atoms with van der Waals surface area (Å²) < 4.78 is 0. The van der Waals surface area contributed by atoms with E-state index in [2.05, 4.69) is 18.7 Å². The summed E-state index contributed by atoms with van der Waals surface area (Å²) in [6.07, 6.45) is 8.70. The Kier molecular flexibility index (Phi) is 3.48. The molecule has 0 bridgehead atoms. The summed E-state index contributed by atoms with van der Waals surface area (Å²) in [6.45, 7) is 7.51. The Morgan fingerprint density at radius 2 is 1.57 bits per heavy atom. The van der Waals surface area contributed by atoms with Crippen molar-refractivity contribution in [1.82, 2.24) is 4.90 Å². The van der Waals surface area contributed by atoms with Gasteiger partial charge < -0.3 is 4.90 Å². The zero-order chi connectivity index (χ0) is 9.97. The van der Waals surface area contributed by atoms with Crippen molar-refractivity contribution in [3.8, 4) is 0 Å². The molecule has 14 heavy (non-hydrogen) atoms. The standard InChI is InChI=1S/C13H25N/c1-3-11(4-2)12-7-9-14(10-8-12)13-5-6-13/h11-13H,3-10H2,1-2H3. The van der Waals surface area contributed by atoms with E-state index in [1.165, 1.54) is 51.6 Å². The zero-order valence-corrected chi connectivity index (χ0v) is 9.84. The van der Waals surface area contributed by atoms with Crippen LogP contribution in [0.5, 0.6) is 0 Å². The van der Waals surface area contributed by atoms with E-state index in [1.54, 1.807) is 0 Å². The minimum absolute atomic E-state index is 0.998. The molecule has 0 amide bonds. The molecule has 1 heteroatoms. The quantitative estimate of drug-likeness (QED) is 0.665. The van der Waals surface area contributed by atoms with E-state index in [4.69, 9.17) is 0 Å². The normalized spacial score (nSPS) is 25.9. The summed E-state index contributed by atoms with van der Waals surface area (Å²) in [5, 5.41) is 0. The molecule has 0 aromatic rings. The Bertz CT molecular complexity index is 162. The maximum absolute atomic E-state index is 2.74. The lowest BCUT2D eigenvalue weighted by Gasteiger charge is -2.35. The molecule has 0 aromatic heterocycles. The fourth-order valence-corrected chi connectivity index (χ4v) is 3.15. The fourth-order valence-electron chi connectivity index (χ4n) is 3.15. The highest BCUT2D eigenvalue weighted by atomic mass is 15.2. The first-order valence-corrected chi connectivity index (χ1v) is 6.59. The van der Waals surface area contributed by atoms with Gasteiger partial charge in [0.1, 0.15) is 0 Å². The van der Waals surface area contributed by atoms with E-state index < -0.39 is 0 Å². The highest BCUT2D eigenvalue weighted by Gasteiger charge is 2.33. The molecule has 0 atom stereocenters. The second-order valence-electron chi connectivity index (χ2n) is 5.18. The Hall–Kier alpha value is -0.0400. The predicted octanol–water partition coefficient (Wildman–Crippen LogP) is 3.30. The summed E-state index contributed by atoms with van der Waals surface area (Å²) >= 11 is 0. The maximum atomic E-state index is 2.74. The monoisotopic (exact) mass is 195 g/mol. The molecule has 1 saturated heterocycles. The van der Waals surface area contributed by atoms with Crippen LogP contribution in [0.25, 0.3) is 0 Å². The fraction of sp³-hybridized carbons (Fsp3) is 1.00. The number of rotatable bonds is 4. The number of hydrogen-bond acceptors (Lipinski definition) is 1. The van der Waals surface area contributed by atoms with Crippen molar-refractivity contribution in [3.05, 3.63) is 0 Å². The second-order valence-corrected chi connectivity index (χ2v) is 5.18. The van der Waals surface area contributed by atoms with Crippen LogP contribution in [-0.2, 0) is 0 Å². The van der Waals surface area contributed by atoms with Crippen molar-refractivity contribution in [2.45, 2.75) is 58.4 Å². The molecule has 2 fully saturated rings. The third-order valence-corrected chi connectivity index (χ3v) is 4.35. The van der Waals surface area contributed by atoms with Gasteiger partial charge in [-0.25, -0.2) is 0 Å². The van der Waals surface area contributed by atoms with E-state index in [0.717, 1.165) is 17.9 Å². The van der Waals surface area contributed by atoms with Gasteiger partial charge in [0.2, 0.25) is 0 Å². The summed E-state index contributed by atoms with van der Waals surface area (Å²) in [6, 6.07) is 0.998. The minimum atomic E-state index is 0.998. The molecule has 0 spiro atoms. The molecular formula is C13H25N. The topological polar surface area (TPSA) is 3.24 Å². The molecule has 0 aromatic carbocycles. The van der Waals surface area contributed by atoms with Gasteiger partial charge in [0, 0.05) is 6.04 Å². The van der Waals surface area contributed by atoms with Crippen LogP contribution in [0.2, 0.25) is 0 Å². The number of likely N-dealkylation sites (tertiary alicyclic amines) is 1. The lowest BCUT2D eigenvalue weighted by Crippen LogP contribution is -2.37. The smallest absolute Gasteiger partial charge is 0.00964 e. The maximum Gasteiger partial charge on any atom is 0.00964 e. The molecule has 1 saturated carbocycles. The van der Waals surface area contributed by atoms with Crippen LogP contribution in [0.4, 0.5) is 0 Å². The predicted molar refractivity (Wildman–Crippen MR) is 61.4 cm³/mol. The summed E-state index contributed by atoms with van der Waals surface area (Å²) in [7, 11) is 0. The highest BCUT2D eigenvalue weighted by Crippen LogP contribution is 2.34. The second kappa shape index (κ2) is 4.65. The van der Waals surface area contributed by atoms with E-state index in [-0.39, 0.29) is 0 Å². The van der Waals surface area contributed by atoms with Crippen LogP contribution in [0.3, 0.4) is 0 Å². The number of nitrogens with zero attached hydrogens (tertiary/aromatic N) is 1. The average molecular weight is 195 g/mol. The van der Waals surface area contributed by atoms with Crippen molar-refractivity contribution in [1.29, 1.82) is 0 Å². The largest absolute Gasteiger partial charge is 0.300 e. The molecule has 1 nitrogen and oxygen atoms in total. The first kappa shape index (κ1) is 10.5. The first-order chi connectivity index (χ1) is 6.85. The SMILES string of the molecule is CCC(CC)C1CCN(C2CC2)CC1. The highest BCUT2D eigenvalue weighted by molar-refractivity contribution is 4.88. The Morgan fingerprint density at radius 3 is 2.00 bits per heavy atom. The van der Waals surface area contributed by atoms with Crippen LogP contribution < -0.4 is 0 Å². The van der Waals surface area contributed by atoms with E-state index >= 15 is 0 Å². The van der Waals surface area contributed by atoms with Crippen molar-refractivity contribution in [2.75, 3.05) is 13.1 Å². The van der Waals surface area contributed by atoms with Gasteiger partial charge in [-0.15, -0.1) is 0 Å². The van der Waals surface area contributed by atoms with Gasteiger partial charge in [0.25, 0.3) is 0 Å². The zero-order valence-electron chi connectivity index (χ0n) is 9.84. The van der Waals surface area contributed by atoms with Crippen LogP contribution in [0.1, 0.15) is 52.4 Å². The van der Waals surface area contributed by atoms with Gasteiger partial charge in [-0.05, 0) is 50.6 Å². The van der Waals surface area contributed by atoms with Gasteiger partial charge in [-0.1, -0.05) is 26.7 Å². The molecule has 1 heterocycles. The van der Waals surface area contributed by atoms with Gasteiger partial charge in [0.05, 0.1) is 0 Å². The molecule has 1 aliphatic carbocycles. The Morgan fingerprint density at radius 1 is 1.00 bits per heavy atom. The lowest BCUT2D eigenvalue weighted by molar-refractivity contribution is 0.136. The molecule has 2 rings (SSSR count). The number of piperidine rings is 1. The van der Waals surface area contributed by atoms with Crippen LogP contribution in [0, 0.1) is 11.8 Å². The molecule has 82 valence electrons. The third kappa shape index (κ3) is 2.31. The average Bonchev–Trinajstić information content (AvgIpc) is 3.04. The van der Waals surface area contributed by atoms with Crippen molar-refractivity contribution < 1.29 is 0 Å². The summed E-state index contributed by atoms with van der Waals surface area (Å²) in [5.74, 6) is 2.05. The van der Waals surface area contributed by atoms with E-state index in [0.29, 0.717) is 0 Å². The minimum Gasteiger partial charge on any atom is -0.300 e. The first-order valence-electron chi connectivity index (χ1n) is 6.59. The molecule has 0 radical (unpaired) electrons. The summed E-state index contributed by atoms with van der Waals surface area (Å²) in [5.41, 5.74) is 0. The molecule has 0 unspecified atom stereocenters. The van der Waals surface area contributed by atoms with Crippen LogP contribution in [0.15, 0.2) is 0 Å². The molecule has 1 aliphatic heterocycles. The van der Waals surface area contributed by atoms with Gasteiger partial charge in [0.15, 0.2) is 0 Å². The Labute approximate surface area is 88.9 Å². The molecule has 2 aliphatic rings.